The van der Waals surface area contributed by atoms with Gasteiger partial charge in [0.15, 0.2) is 0 Å². The van der Waals surface area contributed by atoms with E-state index in [1.165, 1.54) is 6.42 Å². The second-order valence-electron chi connectivity index (χ2n) is 10.7. The Balaban J connectivity index is 1.08. The van der Waals surface area contributed by atoms with Crippen molar-refractivity contribution < 1.29 is 14.3 Å². The summed E-state index contributed by atoms with van der Waals surface area (Å²) in [6.45, 7) is 4.58. The number of alkyl halides is 1. The van der Waals surface area contributed by atoms with Crippen LogP contribution in [0.1, 0.15) is 64.2 Å². The average Bonchev–Trinajstić information content (AvgIpc) is 3.28. The lowest BCUT2D eigenvalue weighted by molar-refractivity contribution is -0.143. The number of unbranched alkanes of at least 4 members (excludes halogenated alkanes) is 1. The molecule has 4 aliphatic rings. The van der Waals surface area contributed by atoms with E-state index in [1.807, 2.05) is 0 Å². The molecule has 188 valence electrons. The molecule has 0 spiro atoms. The summed E-state index contributed by atoms with van der Waals surface area (Å²) >= 11 is 6.28. The summed E-state index contributed by atoms with van der Waals surface area (Å²) in [5.74, 6) is 1.70. The Morgan fingerprint density at radius 3 is 2.67 bits per heavy atom. The number of rotatable bonds is 8. The Hall–Kier alpha value is -0.890. The van der Waals surface area contributed by atoms with Crippen LogP contribution in [0.4, 0.5) is 0 Å². The molecule has 0 aromatic carbocycles. The molecular weight excluding hydrogens is 440 g/mol. The number of likely N-dealkylation sites (tertiary alicyclic amines) is 1. The molecule has 33 heavy (non-hydrogen) atoms. The monoisotopic (exact) mass is 482 g/mol. The van der Waals surface area contributed by atoms with Gasteiger partial charge in [0.05, 0.1) is 18.1 Å². The summed E-state index contributed by atoms with van der Waals surface area (Å²) in [5.41, 5.74) is 0. The second-order valence-corrected chi connectivity index (χ2v) is 11.3. The second kappa shape index (κ2) is 12.2. The van der Waals surface area contributed by atoms with E-state index in [1.54, 1.807) is 7.11 Å². The van der Waals surface area contributed by atoms with E-state index in [0.29, 0.717) is 17.9 Å². The van der Waals surface area contributed by atoms with Gasteiger partial charge in [-0.3, -0.25) is 9.59 Å². The molecule has 3 heterocycles. The lowest BCUT2D eigenvalue weighted by atomic mass is 9.84. The van der Waals surface area contributed by atoms with E-state index < -0.39 is 0 Å². The zero-order valence-corrected chi connectivity index (χ0v) is 21.0. The van der Waals surface area contributed by atoms with Crippen molar-refractivity contribution in [3.8, 4) is 0 Å². The Labute approximate surface area is 204 Å². The highest BCUT2D eigenvalue weighted by molar-refractivity contribution is 6.20. The largest absolute Gasteiger partial charge is 0.381 e. The van der Waals surface area contributed by atoms with Gasteiger partial charge >= 0.3 is 0 Å². The van der Waals surface area contributed by atoms with Gasteiger partial charge in [-0.25, -0.2) is 0 Å². The van der Waals surface area contributed by atoms with E-state index in [0.717, 1.165) is 90.5 Å². The van der Waals surface area contributed by atoms with Crippen LogP contribution >= 0.6 is 11.6 Å². The Morgan fingerprint density at radius 1 is 1.09 bits per heavy atom. The first kappa shape index (κ1) is 25.2. The van der Waals surface area contributed by atoms with Crippen molar-refractivity contribution in [3.05, 3.63) is 0 Å². The standard InChI is InChI=1S/C25H43ClN4O3/c1-33-23-15-19(26)5-6-20(23)25(32)30-12-8-17(9-13-30)4-2-3-10-28-24(31)22-14-18-16-27-11-7-21(18)29-22/h17-23,27,29H,2-16H2,1H3,(H,28,31). The Bertz CT molecular complexity index is 644. The van der Waals surface area contributed by atoms with Crippen LogP contribution in [0.3, 0.4) is 0 Å². The third-order valence-electron chi connectivity index (χ3n) is 8.49. The van der Waals surface area contributed by atoms with Crippen molar-refractivity contribution in [2.75, 3.05) is 39.8 Å². The average molecular weight is 483 g/mol. The molecule has 1 aliphatic carbocycles. The minimum absolute atomic E-state index is 0.0149. The fourth-order valence-corrected chi connectivity index (χ4v) is 6.70. The van der Waals surface area contributed by atoms with Gasteiger partial charge in [-0.1, -0.05) is 12.8 Å². The molecule has 3 saturated heterocycles. The van der Waals surface area contributed by atoms with E-state index in [2.05, 4.69) is 20.9 Å². The molecule has 4 fully saturated rings. The quantitative estimate of drug-likeness (QED) is 0.365. The normalized spacial score (nSPS) is 35.3. The number of carbonyl (C=O) groups excluding carboxylic acids is 2. The molecule has 7 nitrogen and oxygen atoms in total. The third kappa shape index (κ3) is 6.62. The van der Waals surface area contributed by atoms with Gasteiger partial charge in [0.1, 0.15) is 0 Å². The number of methoxy groups -OCH3 is 1. The number of carbonyl (C=O) groups is 2. The molecule has 3 aliphatic heterocycles. The number of halogens is 1. The number of nitrogens with zero attached hydrogens (tertiary/aromatic N) is 1. The van der Waals surface area contributed by atoms with E-state index in [-0.39, 0.29) is 35.3 Å². The smallest absolute Gasteiger partial charge is 0.237 e. The van der Waals surface area contributed by atoms with Crippen LogP contribution in [0, 0.1) is 17.8 Å². The van der Waals surface area contributed by atoms with E-state index in [9.17, 15) is 9.59 Å². The SMILES string of the molecule is COC1CC(Cl)CCC1C(=O)N1CCC(CCCCNC(=O)C2CC3CNCCC3N2)CC1. The molecule has 4 rings (SSSR count). The highest BCUT2D eigenvalue weighted by Crippen LogP contribution is 2.33. The number of hydrogen-bond donors (Lipinski definition) is 3. The summed E-state index contributed by atoms with van der Waals surface area (Å²) in [7, 11) is 1.70. The van der Waals surface area contributed by atoms with Gasteiger partial charge in [0.25, 0.3) is 0 Å². The molecule has 0 aromatic heterocycles. The highest BCUT2D eigenvalue weighted by Gasteiger charge is 2.39. The first-order valence-corrected chi connectivity index (χ1v) is 13.7. The zero-order valence-electron chi connectivity index (χ0n) is 20.2. The molecule has 1 saturated carbocycles. The van der Waals surface area contributed by atoms with Gasteiger partial charge in [-0.05, 0) is 76.3 Å². The fourth-order valence-electron chi connectivity index (χ4n) is 6.39. The number of nitrogens with one attached hydrogen (secondary N) is 3. The fraction of sp³-hybridized carbons (Fsp3) is 0.920. The third-order valence-corrected chi connectivity index (χ3v) is 8.89. The maximum atomic E-state index is 13.0. The van der Waals surface area contributed by atoms with Gasteiger partial charge in [-0.15, -0.1) is 11.6 Å². The summed E-state index contributed by atoms with van der Waals surface area (Å²) in [5, 5.41) is 10.2. The number of hydrogen-bond acceptors (Lipinski definition) is 5. The summed E-state index contributed by atoms with van der Waals surface area (Å²) < 4.78 is 5.59. The number of piperidine rings is 2. The van der Waals surface area contributed by atoms with Crippen LogP contribution in [0.2, 0.25) is 0 Å². The zero-order chi connectivity index (χ0) is 23.2. The molecule has 3 N–H and O–H groups in total. The maximum absolute atomic E-state index is 13.0. The molecule has 8 heteroatoms. The van der Waals surface area contributed by atoms with E-state index in [4.69, 9.17) is 16.3 Å². The molecular formula is C25H43ClN4O3. The van der Waals surface area contributed by atoms with Crippen molar-refractivity contribution in [1.29, 1.82) is 0 Å². The Morgan fingerprint density at radius 2 is 1.91 bits per heavy atom. The van der Waals surface area contributed by atoms with Crippen LogP contribution < -0.4 is 16.0 Å². The van der Waals surface area contributed by atoms with Crippen molar-refractivity contribution >= 4 is 23.4 Å². The van der Waals surface area contributed by atoms with Crippen LogP contribution in [-0.4, -0.2) is 80.1 Å². The first-order valence-electron chi connectivity index (χ1n) is 13.2. The molecule has 6 atom stereocenters. The lowest BCUT2D eigenvalue weighted by Gasteiger charge is -2.38. The van der Waals surface area contributed by atoms with Gasteiger partial charge in [0.2, 0.25) is 11.8 Å². The van der Waals surface area contributed by atoms with Crippen LogP contribution in [0.15, 0.2) is 0 Å². The van der Waals surface area contributed by atoms with Crippen molar-refractivity contribution in [3.63, 3.8) is 0 Å². The summed E-state index contributed by atoms with van der Waals surface area (Å²) in [6, 6.07) is 0.495. The van der Waals surface area contributed by atoms with Crippen molar-refractivity contribution in [2.45, 2.75) is 87.8 Å². The van der Waals surface area contributed by atoms with Gasteiger partial charge in [0, 0.05) is 38.2 Å². The predicted molar refractivity (Wildman–Crippen MR) is 130 cm³/mol. The number of ether oxygens (including phenoxy) is 1. The molecule has 0 radical (unpaired) electrons. The lowest BCUT2D eigenvalue weighted by Crippen LogP contribution is -2.47. The number of fused-ring (bicyclic) bond motifs is 1. The first-order chi connectivity index (χ1) is 16.0. The maximum Gasteiger partial charge on any atom is 0.237 e. The van der Waals surface area contributed by atoms with Crippen molar-refractivity contribution in [2.24, 2.45) is 17.8 Å². The predicted octanol–water partition coefficient (Wildman–Crippen LogP) is 2.27. The van der Waals surface area contributed by atoms with Crippen LogP contribution in [-0.2, 0) is 14.3 Å². The molecule has 0 bridgehead atoms. The van der Waals surface area contributed by atoms with Crippen LogP contribution in [0.5, 0.6) is 0 Å². The number of amides is 2. The van der Waals surface area contributed by atoms with Gasteiger partial charge < -0.3 is 25.6 Å². The van der Waals surface area contributed by atoms with E-state index >= 15 is 0 Å². The van der Waals surface area contributed by atoms with Gasteiger partial charge in [-0.2, -0.15) is 0 Å². The summed E-state index contributed by atoms with van der Waals surface area (Å²) in [6.07, 6.45) is 10.1. The highest BCUT2D eigenvalue weighted by atomic mass is 35.5. The van der Waals surface area contributed by atoms with Crippen molar-refractivity contribution in [1.82, 2.24) is 20.9 Å². The minimum atomic E-state index is -0.0400. The summed E-state index contributed by atoms with van der Waals surface area (Å²) in [4.78, 5) is 27.6. The topological polar surface area (TPSA) is 82.7 Å². The molecule has 0 aromatic rings. The molecule has 2 amide bonds. The Kier molecular flexibility index (Phi) is 9.31. The minimum Gasteiger partial charge on any atom is -0.381 e. The molecule has 6 unspecified atom stereocenters. The van der Waals surface area contributed by atoms with Crippen LogP contribution in [0.25, 0.3) is 0 Å².